The van der Waals surface area contributed by atoms with Gasteiger partial charge in [0.1, 0.15) is 35.9 Å². The van der Waals surface area contributed by atoms with Crippen molar-refractivity contribution >= 4 is 34.8 Å². The number of alkyl halides is 2. The molecule has 4 rings (SSSR count). The van der Waals surface area contributed by atoms with E-state index in [1.54, 1.807) is 0 Å². The van der Waals surface area contributed by atoms with Crippen LogP contribution in [0.3, 0.4) is 0 Å². The highest BCUT2D eigenvalue weighted by Crippen LogP contribution is 2.36. The molecule has 0 radical (unpaired) electrons. The number of hydroxylamine groups is 1. The average molecular weight is 594 g/mol. The molecule has 1 saturated heterocycles. The van der Waals surface area contributed by atoms with Gasteiger partial charge in [-0.15, -0.1) is 9.94 Å². The molecule has 1 amide bonds. The van der Waals surface area contributed by atoms with Crippen LogP contribution in [0.15, 0.2) is 42.6 Å². The molecule has 2 aromatic carbocycles. The summed E-state index contributed by atoms with van der Waals surface area (Å²) in [5.74, 6) is -2.16. The molecule has 3 aromatic rings. The average Bonchev–Trinajstić information content (AvgIpc) is 3.34. The number of ether oxygens (including phenoxy) is 1. The third-order valence-electron chi connectivity index (χ3n) is 5.83. The lowest BCUT2D eigenvalue weighted by Gasteiger charge is -2.38. The smallest absolute Gasteiger partial charge is 0.285 e. The first-order valence-electron chi connectivity index (χ1n) is 11.1. The molecule has 1 aliphatic rings. The van der Waals surface area contributed by atoms with Crippen molar-refractivity contribution in [3.63, 3.8) is 0 Å². The molecule has 2 heterocycles. The molecule has 39 heavy (non-hydrogen) atoms. The quantitative estimate of drug-likeness (QED) is 0.204. The third-order valence-corrected chi connectivity index (χ3v) is 6.57. The predicted molar refractivity (Wildman–Crippen MR) is 128 cm³/mol. The summed E-state index contributed by atoms with van der Waals surface area (Å²) in [5, 5.41) is 53.6. The maximum atomic E-state index is 14.1. The summed E-state index contributed by atoms with van der Waals surface area (Å²) >= 11 is 11.9. The van der Waals surface area contributed by atoms with Gasteiger partial charge >= 0.3 is 0 Å². The number of nitrogens with zero attached hydrogens (tertiary/aromatic N) is 3. The number of halogens is 5. The van der Waals surface area contributed by atoms with Crippen molar-refractivity contribution in [1.29, 1.82) is 0 Å². The summed E-state index contributed by atoms with van der Waals surface area (Å²) in [6.45, 7) is -0.783. The molecule has 11 nitrogen and oxygen atoms in total. The van der Waals surface area contributed by atoms with Gasteiger partial charge in [-0.05, 0) is 35.9 Å². The Balaban J connectivity index is 1.66. The van der Waals surface area contributed by atoms with Crippen molar-refractivity contribution in [2.75, 3.05) is 11.7 Å². The fourth-order valence-corrected chi connectivity index (χ4v) is 4.12. The summed E-state index contributed by atoms with van der Waals surface area (Å²) in [6.07, 6.45) is -11.3. The highest BCUT2D eigenvalue weighted by atomic mass is 35.5. The lowest BCUT2D eigenvalue weighted by molar-refractivity contribution is -0.303. The van der Waals surface area contributed by atoms with Crippen LogP contribution < -0.4 is 9.90 Å². The molecule has 0 bridgehead atoms. The number of benzene rings is 2. The zero-order chi connectivity index (χ0) is 28.6. The van der Waals surface area contributed by atoms with Crippen LogP contribution in [0.2, 0.25) is 10.0 Å². The van der Waals surface area contributed by atoms with E-state index >= 15 is 0 Å². The second-order valence-corrected chi connectivity index (χ2v) is 9.16. The topological polar surface area (TPSA) is 158 Å². The highest BCUT2D eigenvalue weighted by Gasteiger charge is 2.45. The molecule has 1 aliphatic heterocycles. The minimum Gasteiger partial charge on any atom is -0.394 e. The van der Waals surface area contributed by atoms with Gasteiger partial charge in [0.05, 0.1) is 34.1 Å². The van der Waals surface area contributed by atoms with Gasteiger partial charge in [0.15, 0.2) is 0 Å². The Morgan fingerprint density at radius 1 is 1.10 bits per heavy atom. The second kappa shape index (κ2) is 11.7. The molecule has 1 fully saturated rings. The van der Waals surface area contributed by atoms with Crippen LogP contribution in [0.5, 0.6) is 0 Å². The molecule has 0 spiro atoms. The summed E-state index contributed by atoms with van der Waals surface area (Å²) in [6, 6.07) is 7.10. The van der Waals surface area contributed by atoms with Crippen molar-refractivity contribution < 1.29 is 53.2 Å². The SMILES string of the molecule is O=C(c1cn(O[C@@H]2O[C@H](CO)[C@@H](O)[C@H](O)[C@H]2O)nc1C(F)F)N(O)c1ccc(F)cc1-c1ccc(Cl)c(Cl)c1. The zero-order valence-electron chi connectivity index (χ0n) is 19.4. The van der Waals surface area contributed by atoms with Crippen LogP contribution in [0, 0.1) is 5.82 Å². The van der Waals surface area contributed by atoms with E-state index in [2.05, 4.69) is 5.10 Å². The van der Waals surface area contributed by atoms with E-state index in [1.165, 1.54) is 18.2 Å². The Labute approximate surface area is 227 Å². The minimum absolute atomic E-state index is 0.00161. The molecule has 5 atom stereocenters. The molecular formula is C23H20Cl2F3N3O8. The molecule has 0 saturated carbocycles. The lowest BCUT2D eigenvalue weighted by Crippen LogP contribution is -2.61. The molecule has 0 aliphatic carbocycles. The molecular weight excluding hydrogens is 574 g/mol. The Morgan fingerprint density at radius 3 is 2.46 bits per heavy atom. The van der Waals surface area contributed by atoms with Gasteiger partial charge in [0.25, 0.3) is 18.6 Å². The van der Waals surface area contributed by atoms with Crippen molar-refractivity contribution in [2.45, 2.75) is 37.1 Å². The molecule has 16 heteroatoms. The highest BCUT2D eigenvalue weighted by molar-refractivity contribution is 6.42. The number of hydrogen-bond donors (Lipinski definition) is 5. The van der Waals surface area contributed by atoms with E-state index in [0.29, 0.717) is 11.0 Å². The van der Waals surface area contributed by atoms with Gasteiger partial charge < -0.3 is 30.0 Å². The van der Waals surface area contributed by atoms with Gasteiger partial charge in [-0.25, -0.2) is 13.2 Å². The largest absolute Gasteiger partial charge is 0.394 e. The lowest BCUT2D eigenvalue weighted by atomic mass is 9.99. The number of hydrogen-bond acceptors (Lipinski definition) is 9. The molecule has 210 valence electrons. The van der Waals surface area contributed by atoms with Gasteiger partial charge in [-0.3, -0.25) is 10.0 Å². The van der Waals surface area contributed by atoms with E-state index < -0.39 is 66.7 Å². The number of carbonyl (C=O) groups is 1. The van der Waals surface area contributed by atoms with Crippen LogP contribution in [-0.4, -0.2) is 78.8 Å². The third kappa shape index (κ3) is 5.83. The standard InChI is InChI=1S/C23H20Cl2F3N3O8/c24-13-3-1-9(5-14(13)25)11-6-10(26)2-4-15(11)31(37)22(36)12-7-30(29-17(12)21(27)28)39-23-20(35)19(34)18(33)16(8-32)38-23/h1-7,16,18-21,23,32-35,37H,8H2/t16-,18-,19+,20-,23+/m1/s1. The van der Waals surface area contributed by atoms with E-state index in [0.717, 1.165) is 18.2 Å². The monoisotopic (exact) mass is 593 g/mol. The van der Waals surface area contributed by atoms with E-state index in [9.17, 15) is 43.6 Å². The first-order chi connectivity index (χ1) is 18.4. The normalized spacial score (nSPS) is 23.2. The van der Waals surface area contributed by atoms with Gasteiger partial charge in [-0.2, -0.15) is 5.06 Å². The summed E-state index contributed by atoms with van der Waals surface area (Å²) in [5.41, 5.74) is -2.08. The number of aromatic nitrogens is 2. The Hall–Kier alpha value is -2.95. The Bertz CT molecular complexity index is 1360. The van der Waals surface area contributed by atoms with E-state index in [4.69, 9.17) is 32.8 Å². The minimum atomic E-state index is -3.35. The molecule has 5 N–H and O–H groups in total. The van der Waals surface area contributed by atoms with E-state index in [1.807, 2.05) is 0 Å². The molecule has 0 unspecified atom stereocenters. The van der Waals surface area contributed by atoms with Crippen molar-refractivity contribution in [3.8, 4) is 11.1 Å². The van der Waals surface area contributed by atoms with Gasteiger partial charge in [0, 0.05) is 5.56 Å². The maximum Gasteiger partial charge on any atom is 0.285 e. The van der Waals surface area contributed by atoms with Crippen LogP contribution in [0.25, 0.3) is 11.1 Å². The van der Waals surface area contributed by atoms with Gasteiger partial charge in [-0.1, -0.05) is 29.3 Å². The first kappa shape index (κ1) is 29.0. The summed E-state index contributed by atoms with van der Waals surface area (Å²) < 4.78 is 46.8. The Morgan fingerprint density at radius 2 is 1.82 bits per heavy atom. The first-order valence-corrected chi connectivity index (χ1v) is 11.8. The van der Waals surface area contributed by atoms with Crippen molar-refractivity contribution in [2.24, 2.45) is 0 Å². The van der Waals surface area contributed by atoms with E-state index in [-0.39, 0.29) is 31.9 Å². The van der Waals surface area contributed by atoms with Crippen LogP contribution >= 0.6 is 23.2 Å². The predicted octanol–water partition coefficient (Wildman–Crippen LogP) is 2.20. The number of aliphatic hydroxyl groups excluding tert-OH is 4. The van der Waals surface area contributed by atoms with Crippen LogP contribution in [-0.2, 0) is 4.74 Å². The summed E-state index contributed by atoms with van der Waals surface area (Å²) in [7, 11) is 0. The number of amides is 1. The van der Waals surface area contributed by atoms with Crippen molar-refractivity contribution in [1.82, 2.24) is 9.94 Å². The van der Waals surface area contributed by atoms with Crippen LogP contribution in [0.1, 0.15) is 22.5 Å². The van der Waals surface area contributed by atoms with Crippen LogP contribution in [0.4, 0.5) is 18.9 Å². The fourth-order valence-electron chi connectivity index (χ4n) is 3.82. The second-order valence-electron chi connectivity index (χ2n) is 8.34. The van der Waals surface area contributed by atoms with Crippen molar-refractivity contribution in [3.05, 3.63) is 69.7 Å². The Kier molecular flexibility index (Phi) is 8.68. The maximum absolute atomic E-state index is 14.1. The number of carbonyl (C=O) groups excluding carboxylic acids is 1. The number of rotatable bonds is 7. The zero-order valence-corrected chi connectivity index (χ0v) is 20.9. The summed E-state index contributed by atoms with van der Waals surface area (Å²) in [4.78, 5) is 18.6. The van der Waals surface area contributed by atoms with Gasteiger partial charge in [0.2, 0.25) is 0 Å². The fraction of sp³-hybridized carbons (Fsp3) is 0.304. The molecule has 1 aromatic heterocycles. The number of aliphatic hydroxyl groups is 4. The number of anilines is 1.